The summed E-state index contributed by atoms with van der Waals surface area (Å²) in [6.07, 6.45) is 0.509. The van der Waals surface area contributed by atoms with E-state index in [0.717, 1.165) is 10.5 Å². The van der Waals surface area contributed by atoms with Gasteiger partial charge in [0.05, 0.1) is 0 Å². The number of carbonyl (C=O) groups excluding carboxylic acids is 2. The zero-order chi connectivity index (χ0) is 13.2. The fraction of sp³-hybridized carbons (Fsp3) is 0.250. The Kier molecular flexibility index (Phi) is 2.79. The van der Waals surface area contributed by atoms with E-state index in [1.54, 1.807) is 0 Å². The number of aromatic nitrogens is 4. The third kappa shape index (κ3) is 2.10. The lowest BCUT2D eigenvalue weighted by Crippen LogP contribution is -2.43. The molecular weight excluding hydrogens is 246 g/mol. The van der Waals surface area contributed by atoms with Crippen molar-refractivity contribution >= 4 is 17.8 Å². The van der Waals surface area contributed by atoms with Gasteiger partial charge in [0.15, 0.2) is 11.8 Å². The molecule has 0 spiro atoms. The highest BCUT2D eigenvalue weighted by Gasteiger charge is 2.32. The Balaban J connectivity index is 1.84. The quantitative estimate of drug-likeness (QED) is 0.716. The molecule has 2 amide bonds. The van der Waals surface area contributed by atoms with Crippen molar-refractivity contribution in [1.29, 1.82) is 0 Å². The van der Waals surface area contributed by atoms with Crippen LogP contribution in [0.3, 0.4) is 0 Å². The molecule has 0 aliphatic carbocycles. The Labute approximate surface area is 108 Å². The fourth-order valence-electron chi connectivity index (χ4n) is 2.23. The SMILES string of the molecule is O=C1CC(c2ccccc2)CC(=O)N1c1nnn[n-]1. The van der Waals surface area contributed by atoms with Crippen LogP contribution in [0.5, 0.6) is 0 Å². The van der Waals surface area contributed by atoms with Gasteiger partial charge in [-0.05, 0) is 11.5 Å². The van der Waals surface area contributed by atoms with Crippen molar-refractivity contribution in [1.82, 2.24) is 20.6 Å². The highest BCUT2D eigenvalue weighted by molar-refractivity contribution is 6.15. The number of imide groups is 1. The van der Waals surface area contributed by atoms with E-state index < -0.39 is 0 Å². The number of piperidine rings is 1. The van der Waals surface area contributed by atoms with Crippen LogP contribution in [0.2, 0.25) is 0 Å². The Morgan fingerprint density at radius 2 is 1.79 bits per heavy atom. The Hall–Kier alpha value is -2.57. The molecule has 3 rings (SSSR count). The van der Waals surface area contributed by atoms with Gasteiger partial charge in [0.1, 0.15) is 5.95 Å². The highest BCUT2D eigenvalue weighted by atomic mass is 16.2. The molecule has 19 heavy (non-hydrogen) atoms. The molecule has 2 aromatic rings. The second-order valence-corrected chi connectivity index (χ2v) is 4.32. The molecule has 2 heterocycles. The van der Waals surface area contributed by atoms with Crippen LogP contribution in [-0.2, 0) is 9.59 Å². The van der Waals surface area contributed by atoms with Gasteiger partial charge in [-0.2, -0.15) is 5.21 Å². The predicted octanol–water partition coefficient (Wildman–Crippen LogP) is 0.266. The van der Waals surface area contributed by atoms with E-state index in [4.69, 9.17) is 0 Å². The molecule has 1 aliphatic heterocycles. The molecule has 0 radical (unpaired) electrons. The summed E-state index contributed by atoms with van der Waals surface area (Å²) in [5.41, 5.74) is 0.989. The van der Waals surface area contributed by atoms with Crippen molar-refractivity contribution in [3.05, 3.63) is 35.9 Å². The maximum atomic E-state index is 12.1. The van der Waals surface area contributed by atoms with Crippen molar-refractivity contribution in [2.75, 3.05) is 4.90 Å². The van der Waals surface area contributed by atoms with Crippen molar-refractivity contribution in [2.45, 2.75) is 18.8 Å². The maximum absolute atomic E-state index is 12.1. The van der Waals surface area contributed by atoms with E-state index in [9.17, 15) is 9.59 Å². The first-order valence-corrected chi connectivity index (χ1v) is 5.85. The van der Waals surface area contributed by atoms with E-state index in [1.807, 2.05) is 30.3 Å². The first kappa shape index (κ1) is 11.5. The summed E-state index contributed by atoms with van der Waals surface area (Å²) in [4.78, 5) is 25.1. The number of hydrogen-bond donors (Lipinski definition) is 0. The molecule has 1 aromatic carbocycles. The molecule has 96 valence electrons. The molecule has 0 unspecified atom stereocenters. The summed E-state index contributed by atoms with van der Waals surface area (Å²) in [6, 6.07) is 9.53. The monoisotopic (exact) mass is 256 g/mol. The van der Waals surface area contributed by atoms with E-state index in [2.05, 4.69) is 20.6 Å². The van der Waals surface area contributed by atoms with Crippen LogP contribution in [-0.4, -0.2) is 27.3 Å². The lowest BCUT2D eigenvalue weighted by atomic mass is 9.89. The Morgan fingerprint density at radius 1 is 1.11 bits per heavy atom. The van der Waals surface area contributed by atoms with Gasteiger partial charge in [-0.15, -0.1) is 5.21 Å². The topological polar surface area (TPSA) is 90.2 Å². The summed E-state index contributed by atoms with van der Waals surface area (Å²) in [6.45, 7) is 0. The number of carbonyl (C=O) groups is 2. The lowest BCUT2D eigenvalue weighted by molar-refractivity contribution is -0.129. The number of tetrazole rings is 1. The molecule has 0 N–H and O–H groups in total. The van der Waals surface area contributed by atoms with E-state index in [0.29, 0.717) is 0 Å². The summed E-state index contributed by atoms with van der Waals surface area (Å²) in [7, 11) is 0. The Bertz CT molecular complexity index is 578. The molecule has 7 heteroatoms. The number of benzene rings is 1. The van der Waals surface area contributed by atoms with Crippen LogP contribution in [0.15, 0.2) is 30.3 Å². The van der Waals surface area contributed by atoms with Gasteiger partial charge in [0.25, 0.3) is 0 Å². The first-order valence-electron chi connectivity index (χ1n) is 5.85. The minimum Gasteiger partial charge on any atom is -0.287 e. The standard InChI is InChI=1S/C12H10N5O2/c18-10-6-9(8-4-2-1-3-5-8)7-11(19)17(10)12-13-15-16-14-12/h1-5,9H,6-7H2/q-1. The van der Waals surface area contributed by atoms with Crippen LogP contribution in [0.25, 0.3) is 0 Å². The molecule has 1 aliphatic rings. The van der Waals surface area contributed by atoms with Gasteiger partial charge in [-0.1, -0.05) is 30.3 Å². The average molecular weight is 256 g/mol. The molecule has 0 bridgehead atoms. The number of anilines is 1. The molecule has 0 saturated carbocycles. The van der Waals surface area contributed by atoms with E-state index >= 15 is 0 Å². The summed E-state index contributed by atoms with van der Waals surface area (Å²) >= 11 is 0. The van der Waals surface area contributed by atoms with Gasteiger partial charge < -0.3 is 0 Å². The van der Waals surface area contributed by atoms with Crippen LogP contribution in [0.1, 0.15) is 24.3 Å². The van der Waals surface area contributed by atoms with E-state index in [1.165, 1.54) is 0 Å². The number of nitrogens with zero attached hydrogens (tertiary/aromatic N) is 5. The van der Waals surface area contributed by atoms with Crippen LogP contribution < -0.4 is 10.00 Å². The van der Waals surface area contributed by atoms with Crippen molar-refractivity contribution in [3.63, 3.8) is 0 Å². The summed E-state index contributed by atoms with van der Waals surface area (Å²) in [5.74, 6) is -0.769. The van der Waals surface area contributed by atoms with Crippen LogP contribution in [0.4, 0.5) is 5.95 Å². The smallest absolute Gasteiger partial charge is 0.194 e. The number of rotatable bonds is 2. The summed E-state index contributed by atoms with van der Waals surface area (Å²) < 4.78 is 0. The van der Waals surface area contributed by atoms with Gasteiger partial charge in [0.2, 0.25) is 0 Å². The van der Waals surface area contributed by atoms with Gasteiger partial charge in [-0.25, -0.2) is 5.10 Å². The molecule has 1 aromatic heterocycles. The molecule has 1 fully saturated rings. The largest absolute Gasteiger partial charge is 0.287 e. The second kappa shape index (κ2) is 4.60. The minimum absolute atomic E-state index is 0.0403. The van der Waals surface area contributed by atoms with Gasteiger partial charge in [-0.3, -0.25) is 19.6 Å². The van der Waals surface area contributed by atoms with Crippen molar-refractivity contribution in [2.24, 2.45) is 0 Å². The molecule has 0 atom stereocenters. The summed E-state index contributed by atoms with van der Waals surface area (Å²) in [5, 5.41) is 13.7. The number of amides is 2. The maximum Gasteiger partial charge on any atom is 0.194 e. The van der Waals surface area contributed by atoms with Crippen molar-refractivity contribution < 1.29 is 9.59 Å². The first-order chi connectivity index (χ1) is 9.25. The number of hydrogen-bond acceptors (Lipinski definition) is 5. The lowest BCUT2D eigenvalue weighted by Gasteiger charge is -2.31. The zero-order valence-corrected chi connectivity index (χ0v) is 9.93. The molecular formula is C12H10N5O2-. The zero-order valence-electron chi connectivity index (χ0n) is 9.93. The third-order valence-electron chi connectivity index (χ3n) is 3.12. The van der Waals surface area contributed by atoms with Crippen LogP contribution in [0, 0.1) is 0 Å². The fourth-order valence-corrected chi connectivity index (χ4v) is 2.23. The van der Waals surface area contributed by atoms with Crippen LogP contribution >= 0.6 is 0 Å². The molecule has 1 saturated heterocycles. The van der Waals surface area contributed by atoms with Gasteiger partial charge in [0, 0.05) is 12.8 Å². The second-order valence-electron chi connectivity index (χ2n) is 4.32. The predicted molar refractivity (Wildman–Crippen MR) is 64.1 cm³/mol. The average Bonchev–Trinajstić information content (AvgIpc) is 2.93. The van der Waals surface area contributed by atoms with E-state index in [-0.39, 0.29) is 36.5 Å². The third-order valence-corrected chi connectivity index (χ3v) is 3.12. The minimum atomic E-state index is -0.320. The Morgan fingerprint density at radius 3 is 2.37 bits per heavy atom. The van der Waals surface area contributed by atoms with Crippen molar-refractivity contribution in [3.8, 4) is 0 Å². The highest BCUT2D eigenvalue weighted by Crippen LogP contribution is 2.30. The normalized spacial score (nSPS) is 16.9. The molecule has 7 nitrogen and oxygen atoms in total. The van der Waals surface area contributed by atoms with Gasteiger partial charge >= 0.3 is 0 Å².